The number of rotatable bonds is 2. The van der Waals surface area contributed by atoms with Crippen molar-refractivity contribution in [3.63, 3.8) is 0 Å². The van der Waals surface area contributed by atoms with Gasteiger partial charge >= 0.3 is 0 Å². The van der Waals surface area contributed by atoms with Crippen LogP contribution < -0.4 is 4.90 Å². The number of nitrogens with zero attached hydrogens (tertiary/aromatic N) is 1. The lowest BCUT2D eigenvalue weighted by Crippen LogP contribution is -2.24. The van der Waals surface area contributed by atoms with Crippen molar-refractivity contribution >= 4 is 11.6 Å². The lowest BCUT2D eigenvalue weighted by molar-refractivity contribution is -0.118. The maximum absolute atomic E-state index is 11.2. The van der Waals surface area contributed by atoms with E-state index in [0.29, 0.717) is 6.42 Å². The fourth-order valence-electron chi connectivity index (χ4n) is 1.03. The molecular formula is C10H13NO. The normalized spacial score (nSPS) is 9.50. The van der Waals surface area contributed by atoms with E-state index >= 15 is 0 Å². The third kappa shape index (κ3) is 1.84. The number of anilines is 1. The van der Waals surface area contributed by atoms with Crippen LogP contribution in [0.4, 0.5) is 5.69 Å². The number of amides is 1. The zero-order valence-corrected chi connectivity index (χ0v) is 7.45. The summed E-state index contributed by atoms with van der Waals surface area (Å²) in [4.78, 5) is 12.9. The third-order valence-electron chi connectivity index (χ3n) is 1.82. The van der Waals surface area contributed by atoms with Crippen LogP contribution >= 0.6 is 0 Å². The molecule has 0 N–H and O–H groups in total. The summed E-state index contributed by atoms with van der Waals surface area (Å²) in [5.41, 5.74) is 0.948. The lowest BCUT2D eigenvalue weighted by Gasteiger charge is -2.15. The predicted molar refractivity (Wildman–Crippen MR) is 50.1 cm³/mol. The number of para-hydroxylation sites is 1. The van der Waals surface area contributed by atoms with Crippen molar-refractivity contribution in [2.45, 2.75) is 13.3 Å². The molecule has 0 heterocycles. The second kappa shape index (κ2) is 3.90. The fraction of sp³-hybridized carbons (Fsp3) is 0.300. The summed E-state index contributed by atoms with van der Waals surface area (Å²) in [6.45, 7) is 1.86. The van der Waals surface area contributed by atoms with Crippen molar-refractivity contribution < 1.29 is 4.79 Å². The van der Waals surface area contributed by atoms with Crippen molar-refractivity contribution in [1.29, 1.82) is 0 Å². The minimum Gasteiger partial charge on any atom is -0.316 e. The van der Waals surface area contributed by atoms with Gasteiger partial charge in [0.15, 0.2) is 0 Å². The van der Waals surface area contributed by atoms with Crippen LogP contribution in [0.3, 0.4) is 0 Å². The molecule has 0 fully saturated rings. The van der Waals surface area contributed by atoms with Gasteiger partial charge in [0.1, 0.15) is 0 Å². The van der Waals surface area contributed by atoms with Crippen LogP contribution in [0.2, 0.25) is 0 Å². The topological polar surface area (TPSA) is 20.3 Å². The van der Waals surface area contributed by atoms with Crippen molar-refractivity contribution in [2.75, 3.05) is 11.9 Å². The Bertz CT molecular complexity index is 256. The van der Waals surface area contributed by atoms with Crippen LogP contribution in [-0.4, -0.2) is 13.0 Å². The quantitative estimate of drug-likeness (QED) is 0.653. The first kappa shape index (κ1) is 8.78. The molecule has 64 valence electrons. The first-order chi connectivity index (χ1) is 5.75. The highest BCUT2D eigenvalue weighted by molar-refractivity contribution is 5.92. The first-order valence-electron chi connectivity index (χ1n) is 4.07. The number of hydrogen-bond acceptors (Lipinski definition) is 1. The second-order valence-electron chi connectivity index (χ2n) is 2.64. The number of carbonyl (C=O) groups is 1. The molecule has 0 spiro atoms. The maximum Gasteiger partial charge on any atom is 0.226 e. The number of hydrogen-bond donors (Lipinski definition) is 0. The van der Waals surface area contributed by atoms with Gasteiger partial charge in [0.05, 0.1) is 0 Å². The zero-order chi connectivity index (χ0) is 8.97. The summed E-state index contributed by atoms with van der Waals surface area (Å²) in [7, 11) is 1.79. The van der Waals surface area contributed by atoms with Crippen LogP contribution in [0.5, 0.6) is 0 Å². The van der Waals surface area contributed by atoms with E-state index in [-0.39, 0.29) is 5.91 Å². The summed E-state index contributed by atoms with van der Waals surface area (Å²) in [6, 6.07) is 9.64. The number of carbonyl (C=O) groups excluding carboxylic acids is 1. The molecule has 0 aliphatic carbocycles. The zero-order valence-electron chi connectivity index (χ0n) is 7.45. The second-order valence-corrected chi connectivity index (χ2v) is 2.64. The first-order valence-corrected chi connectivity index (χ1v) is 4.07. The Morgan fingerprint density at radius 1 is 1.33 bits per heavy atom. The molecule has 0 radical (unpaired) electrons. The van der Waals surface area contributed by atoms with Crippen LogP contribution in [0.25, 0.3) is 0 Å². The van der Waals surface area contributed by atoms with Crippen molar-refractivity contribution in [2.24, 2.45) is 0 Å². The van der Waals surface area contributed by atoms with Crippen molar-refractivity contribution in [3.05, 3.63) is 30.3 Å². The molecule has 1 aromatic rings. The summed E-state index contributed by atoms with van der Waals surface area (Å²) in [5.74, 6) is 0.140. The molecule has 0 aliphatic rings. The lowest BCUT2D eigenvalue weighted by atomic mass is 10.3. The highest BCUT2D eigenvalue weighted by Crippen LogP contribution is 2.11. The molecule has 1 rings (SSSR count). The Morgan fingerprint density at radius 3 is 2.42 bits per heavy atom. The van der Waals surface area contributed by atoms with Gasteiger partial charge in [-0.15, -0.1) is 0 Å². The molecule has 0 saturated carbocycles. The number of benzene rings is 1. The smallest absolute Gasteiger partial charge is 0.226 e. The van der Waals surface area contributed by atoms with E-state index in [4.69, 9.17) is 0 Å². The summed E-state index contributed by atoms with van der Waals surface area (Å²) < 4.78 is 0. The van der Waals surface area contributed by atoms with E-state index in [2.05, 4.69) is 0 Å². The summed E-state index contributed by atoms with van der Waals surface area (Å²) in [5, 5.41) is 0. The molecule has 1 aromatic carbocycles. The Labute approximate surface area is 72.8 Å². The highest BCUT2D eigenvalue weighted by Gasteiger charge is 2.06. The monoisotopic (exact) mass is 163 g/mol. The largest absolute Gasteiger partial charge is 0.316 e. The molecule has 12 heavy (non-hydrogen) atoms. The van der Waals surface area contributed by atoms with E-state index in [9.17, 15) is 4.79 Å². The molecule has 2 nitrogen and oxygen atoms in total. The molecule has 0 atom stereocenters. The van der Waals surface area contributed by atoms with Gasteiger partial charge in [0, 0.05) is 19.2 Å². The molecule has 0 bridgehead atoms. The van der Waals surface area contributed by atoms with Crippen LogP contribution in [0, 0.1) is 0 Å². The van der Waals surface area contributed by atoms with Crippen molar-refractivity contribution in [3.8, 4) is 0 Å². The molecular weight excluding hydrogens is 150 g/mol. The molecule has 0 aromatic heterocycles. The van der Waals surface area contributed by atoms with Gasteiger partial charge in [-0.1, -0.05) is 25.1 Å². The van der Waals surface area contributed by atoms with E-state index in [1.807, 2.05) is 37.3 Å². The molecule has 0 aliphatic heterocycles. The van der Waals surface area contributed by atoms with Gasteiger partial charge < -0.3 is 4.90 Å². The van der Waals surface area contributed by atoms with Gasteiger partial charge in [-0.2, -0.15) is 0 Å². The van der Waals surface area contributed by atoms with Crippen molar-refractivity contribution in [1.82, 2.24) is 0 Å². The maximum atomic E-state index is 11.2. The summed E-state index contributed by atoms with van der Waals surface area (Å²) >= 11 is 0. The Balaban J connectivity index is 2.78. The molecule has 0 saturated heterocycles. The predicted octanol–water partition coefficient (Wildman–Crippen LogP) is 2.06. The Morgan fingerprint density at radius 2 is 1.92 bits per heavy atom. The Kier molecular flexibility index (Phi) is 2.86. The van der Waals surface area contributed by atoms with Gasteiger partial charge in [0.2, 0.25) is 5.91 Å². The third-order valence-corrected chi connectivity index (χ3v) is 1.82. The Hall–Kier alpha value is -1.31. The molecule has 2 heteroatoms. The molecule has 1 amide bonds. The minimum atomic E-state index is 0.140. The van der Waals surface area contributed by atoms with E-state index < -0.39 is 0 Å². The fourth-order valence-corrected chi connectivity index (χ4v) is 1.03. The average Bonchev–Trinajstić information content (AvgIpc) is 2.17. The average molecular weight is 163 g/mol. The molecule has 0 unspecified atom stereocenters. The standard InChI is InChI=1S/C10H13NO/c1-3-10(12)11(2)9-7-5-4-6-8-9/h4-8H,3H2,1-2H3. The highest BCUT2D eigenvalue weighted by atomic mass is 16.2. The van der Waals surface area contributed by atoms with Gasteiger partial charge in [-0.05, 0) is 12.1 Å². The minimum absolute atomic E-state index is 0.140. The van der Waals surface area contributed by atoms with Gasteiger partial charge in [-0.25, -0.2) is 0 Å². The van der Waals surface area contributed by atoms with Crippen LogP contribution in [-0.2, 0) is 4.79 Å². The SMILES string of the molecule is CCC(=O)N(C)c1ccccc1. The van der Waals surface area contributed by atoms with Crippen LogP contribution in [0.1, 0.15) is 13.3 Å². The van der Waals surface area contributed by atoms with Crippen LogP contribution in [0.15, 0.2) is 30.3 Å². The van der Waals surface area contributed by atoms with Gasteiger partial charge in [0.25, 0.3) is 0 Å². The summed E-state index contributed by atoms with van der Waals surface area (Å²) in [6.07, 6.45) is 0.547. The van der Waals surface area contributed by atoms with E-state index in [0.717, 1.165) is 5.69 Å². The van der Waals surface area contributed by atoms with Gasteiger partial charge in [-0.3, -0.25) is 4.79 Å². The van der Waals surface area contributed by atoms with E-state index in [1.54, 1.807) is 11.9 Å². The van der Waals surface area contributed by atoms with E-state index in [1.165, 1.54) is 0 Å².